The predicted molar refractivity (Wildman–Crippen MR) is 73.6 cm³/mol. The second-order valence-corrected chi connectivity index (χ2v) is 5.05. The Labute approximate surface area is 114 Å². The van der Waals surface area contributed by atoms with Crippen LogP contribution in [-0.2, 0) is 9.53 Å². The van der Waals surface area contributed by atoms with Gasteiger partial charge in [-0.2, -0.15) is 0 Å². The molecule has 1 N–H and O–H groups in total. The summed E-state index contributed by atoms with van der Waals surface area (Å²) in [6.45, 7) is 5.25. The Hall–Kier alpha value is -1.26. The third-order valence-electron chi connectivity index (χ3n) is 3.84. The van der Waals surface area contributed by atoms with E-state index in [2.05, 4.69) is 22.3 Å². The number of rotatable bonds is 7. The largest absolute Gasteiger partial charge is 0.465 e. The first-order chi connectivity index (χ1) is 9.18. The molecular weight excluding hydrogens is 244 g/mol. The lowest BCUT2D eigenvalue weighted by atomic mass is 9.74. The lowest BCUT2D eigenvalue weighted by Gasteiger charge is -2.39. The van der Waals surface area contributed by atoms with E-state index in [4.69, 9.17) is 10.3 Å². The fourth-order valence-corrected chi connectivity index (χ4v) is 2.82. The van der Waals surface area contributed by atoms with Gasteiger partial charge in [-0.1, -0.05) is 31.3 Å². The fourth-order valence-electron chi connectivity index (χ4n) is 2.82. The van der Waals surface area contributed by atoms with Crippen molar-refractivity contribution in [3.05, 3.63) is 10.4 Å². The van der Waals surface area contributed by atoms with Gasteiger partial charge in [0.05, 0.1) is 6.61 Å². The molecule has 108 valence electrons. The molecule has 1 aliphatic carbocycles. The Balaban J connectivity index is 2.71. The summed E-state index contributed by atoms with van der Waals surface area (Å²) in [6, 6.07) is 0. The van der Waals surface area contributed by atoms with Gasteiger partial charge in [-0.3, -0.25) is 4.79 Å². The van der Waals surface area contributed by atoms with Gasteiger partial charge in [0.25, 0.3) is 0 Å². The van der Waals surface area contributed by atoms with Crippen molar-refractivity contribution in [3.8, 4) is 0 Å². The summed E-state index contributed by atoms with van der Waals surface area (Å²) in [5, 5.41) is 6.78. The molecule has 0 spiro atoms. The van der Waals surface area contributed by atoms with Crippen molar-refractivity contribution in [2.75, 3.05) is 19.7 Å². The predicted octanol–water partition coefficient (Wildman–Crippen LogP) is 2.79. The minimum absolute atomic E-state index is 0.158. The normalized spacial score (nSPS) is 26.5. The molecule has 2 unspecified atom stereocenters. The van der Waals surface area contributed by atoms with Crippen LogP contribution in [0.15, 0.2) is 5.11 Å². The maximum Gasteiger partial charge on any atom is 0.326 e. The van der Waals surface area contributed by atoms with Gasteiger partial charge in [-0.25, -0.2) is 0 Å². The van der Waals surface area contributed by atoms with Crippen molar-refractivity contribution >= 4 is 5.97 Å². The van der Waals surface area contributed by atoms with Crippen LogP contribution in [0.4, 0.5) is 0 Å². The van der Waals surface area contributed by atoms with E-state index >= 15 is 0 Å². The van der Waals surface area contributed by atoms with Gasteiger partial charge in [0.2, 0.25) is 0 Å². The SMILES string of the molecule is CCOC(=O)C1(NCCN=[N+]=[N-])CCCC(CC)C1. The van der Waals surface area contributed by atoms with Crippen LogP contribution in [0.25, 0.3) is 10.4 Å². The third-order valence-corrected chi connectivity index (χ3v) is 3.84. The zero-order valence-electron chi connectivity index (χ0n) is 11.9. The van der Waals surface area contributed by atoms with E-state index in [9.17, 15) is 4.79 Å². The smallest absolute Gasteiger partial charge is 0.326 e. The molecule has 2 atom stereocenters. The average Bonchev–Trinajstić information content (AvgIpc) is 2.44. The monoisotopic (exact) mass is 268 g/mol. The van der Waals surface area contributed by atoms with Gasteiger partial charge in [0.1, 0.15) is 5.54 Å². The number of nitrogens with zero attached hydrogens (tertiary/aromatic N) is 3. The first kappa shape index (κ1) is 15.8. The summed E-state index contributed by atoms with van der Waals surface area (Å²) in [6.07, 6.45) is 4.91. The molecule has 0 aromatic heterocycles. The van der Waals surface area contributed by atoms with Gasteiger partial charge in [0, 0.05) is 18.0 Å². The van der Waals surface area contributed by atoms with Crippen molar-refractivity contribution in [1.82, 2.24) is 5.32 Å². The highest BCUT2D eigenvalue weighted by atomic mass is 16.5. The fraction of sp³-hybridized carbons (Fsp3) is 0.923. The Morgan fingerprint density at radius 2 is 2.37 bits per heavy atom. The molecule has 0 aromatic rings. The summed E-state index contributed by atoms with van der Waals surface area (Å²) < 4.78 is 5.23. The molecule has 1 fully saturated rings. The summed E-state index contributed by atoms with van der Waals surface area (Å²) in [7, 11) is 0. The summed E-state index contributed by atoms with van der Waals surface area (Å²) in [4.78, 5) is 15.0. The molecule has 0 aromatic carbocycles. The Bertz CT molecular complexity index is 342. The van der Waals surface area contributed by atoms with E-state index in [0.717, 1.165) is 25.7 Å². The van der Waals surface area contributed by atoms with E-state index in [0.29, 0.717) is 25.6 Å². The van der Waals surface area contributed by atoms with Crippen molar-refractivity contribution in [2.45, 2.75) is 51.5 Å². The van der Waals surface area contributed by atoms with Crippen LogP contribution in [0.1, 0.15) is 46.0 Å². The number of ether oxygens (including phenoxy) is 1. The Morgan fingerprint density at radius 1 is 1.58 bits per heavy atom. The Kier molecular flexibility index (Phi) is 6.67. The van der Waals surface area contributed by atoms with Gasteiger partial charge < -0.3 is 10.1 Å². The molecule has 1 aliphatic rings. The number of hydrogen-bond donors (Lipinski definition) is 1. The molecule has 0 amide bonds. The van der Waals surface area contributed by atoms with Gasteiger partial charge in [0.15, 0.2) is 0 Å². The lowest BCUT2D eigenvalue weighted by Crippen LogP contribution is -2.56. The molecule has 1 saturated carbocycles. The standard InChI is InChI=1S/C13H24N4O2/c1-3-11-6-5-7-13(10-11,12(18)19-4-2)15-8-9-16-17-14/h11,15H,3-10H2,1-2H3. The maximum atomic E-state index is 12.3. The second kappa shape index (κ2) is 8.02. The van der Waals surface area contributed by atoms with Crippen LogP contribution in [0.2, 0.25) is 0 Å². The lowest BCUT2D eigenvalue weighted by molar-refractivity contribution is -0.153. The molecule has 19 heavy (non-hydrogen) atoms. The average molecular weight is 268 g/mol. The van der Waals surface area contributed by atoms with Crippen LogP contribution in [-0.4, -0.2) is 31.2 Å². The Morgan fingerprint density at radius 3 is 3.00 bits per heavy atom. The van der Waals surface area contributed by atoms with Gasteiger partial charge in [-0.05, 0) is 31.2 Å². The van der Waals surface area contributed by atoms with Crippen LogP contribution in [0.5, 0.6) is 0 Å². The van der Waals surface area contributed by atoms with Crippen molar-refractivity contribution in [1.29, 1.82) is 0 Å². The topological polar surface area (TPSA) is 87.1 Å². The van der Waals surface area contributed by atoms with E-state index in [1.165, 1.54) is 6.42 Å². The highest BCUT2D eigenvalue weighted by Crippen LogP contribution is 2.35. The molecule has 1 rings (SSSR count). The summed E-state index contributed by atoms with van der Waals surface area (Å²) >= 11 is 0. The first-order valence-corrected chi connectivity index (χ1v) is 7.11. The zero-order chi connectivity index (χ0) is 14.1. The molecule has 6 nitrogen and oxygen atoms in total. The molecular formula is C13H24N4O2. The van der Waals surface area contributed by atoms with E-state index in [-0.39, 0.29) is 5.97 Å². The van der Waals surface area contributed by atoms with Crippen molar-refractivity contribution in [3.63, 3.8) is 0 Å². The van der Waals surface area contributed by atoms with Crippen molar-refractivity contribution in [2.24, 2.45) is 11.0 Å². The van der Waals surface area contributed by atoms with E-state index in [1.54, 1.807) is 0 Å². The number of nitrogens with one attached hydrogen (secondary N) is 1. The molecule has 0 aliphatic heterocycles. The van der Waals surface area contributed by atoms with E-state index in [1.807, 2.05) is 6.92 Å². The van der Waals surface area contributed by atoms with Crippen molar-refractivity contribution < 1.29 is 9.53 Å². The molecule has 6 heteroatoms. The number of hydrogen-bond acceptors (Lipinski definition) is 4. The third kappa shape index (κ3) is 4.40. The van der Waals surface area contributed by atoms with Crippen LogP contribution >= 0.6 is 0 Å². The number of azide groups is 1. The minimum atomic E-state index is -0.583. The first-order valence-electron chi connectivity index (χ1n) is 7.11. The molecule has 0 radical (unpaired) electrons. The van der Waals surface area contributed by atoms with Gasteiger partial charge >= 0.3 is 5.97 Å². The summed E-state index contributed by atoms with van der Waals surface area (Å²) in [5.74, 6) is 0.402. The number of esters is 1. The quantitative estimate of drug-likeness (QED) is 0.253. The summed E-state index contributed by atoms with van der Waals surface area (Å²) in [5.41, 5.74) is 7.70. The van der Waals surface area contributed by atoms with Crippen LogP contribution in [0, 0.1) is 5.92 Å². The number of carbonyl (C=O) groups is 1. The highest BCUT2D eigenvalue weighted by Gasteiger charge is 2.42. The second-order valence-electron chi connectivity index (χ2n) is 5.05. The molecule has 0 saturated heterocycles. The number of carbonyl (C=O) groups excluding carboxylic acids is 1. The minimum Gasteiger partial charge on any atom is -0.465 e. The maximum absolute atomic E-state index is 12.3. The highest BCUT2D eigenvalue weighted by molar-refractivity contribution is 5.81. The van der Waals surface area contributed by atoms with Crippen LogP contribution in [0.3, 0.4) is 0 Å². The van der Waals surface area contributed by atoms with Crippen LogP contribution < -0.4 is 5.32 Å². The zero-order valence-corrected chi connectivity index (χ0v) is 11.9. The van der Waals surface area contributed by atoms with Gasteiger partial charge in [-0.15, -0.1) is 0 Å². The molecule has 0 bridgehead atoms. The van der Waals surface area contributed by atoms with E-state index < -0.39 is 5.54 Å². The molecule has 0 heterocycles.